The molecule has 0 radical (unpaired) electrons. The fourth-order valence-corrected chi connectivity index (χ4v) is 5.86. The maximum Gasteiger partial charge on any atom is 0.243 e. The van der Waals surface area contributed by atoms with Gasteiger partial charge in [0.2, 0.25) is 15.9 Å². The Balaban J connectivity index is 1.60. The molecule has 1 aliphatic rings. The lowest BCUT2D eigenvalue weighted by Crippen LogP contribution is -2.45. The Labute approximate surface area is 181 Å². The van der Waals surface area contributed by atoms with Gasteiger partial charge in [-0.2, -0.15) is 4.31 Å². The predicted molar refractivity (Wildman–Crippen MR) is 119 cm³/mol. The largest absolute Gasteiger partial charge is 0.330 e. The summed E-state index contributed by atoms with van der Waals surface area (Å²) in [7, 11) is -2.27. The number of hydrogen-bond donors (Lipinski definition) is 0. The van der Waals surface area contributed by atoms with Gasteiger partial charge in [-0.1, -0.05) is 48.0 Å². The molecule has 0 saturated carbocycles. The quantitative estimate of drug-likeness (QED) is 0.606. The van der Waals surface area contributed by atoms with Crippen molar-refractivity contribution in [1.29, 1.82) is 0 Å². The van der Waals surface area contributed by atoms with Gasteiger partial charge in [-0.05, 0) is 48.1 Å². The van der Waals surface area contributed by atoms with E-state index in [1.807, 2.05) is 42.2 Å². The highest BCUT2D eigenvalue weighted by Crippen LogP contribution is 2.37. The molecule has 0 spiro atoms. The summed E-state index contributed by atoms with van der Waals surface area (Å²) >= 11 is 1.71. The Bertz CT molecular complexity index is 1140. The highest BCUT2D eigenvalue weighted by atomic mass is 32.2. The molecule has 0 fully saturated rings. The number of likely N-dealkylation sites (N-methyl/N-ethyl adjacent to an activating group) is 1. The Kier molecular flexibility index (Phi) is 5.77. The van der Waals surface area contributed by atoms with Gasteiger partial charge in [-0.25, -0.2) is 8.42 Å². The first kappa shape index (κ1) is 20.8. The fraction of sp³-hybridized carbons (Fsp3) is 0.261. The molecule has 1 atom stereocenters. The van der Waals surface area contributed by atoms with Crippen LogP contribution in [-0.2, 0) is 21.2 Å². The molecule has 1 amide bonds. The lowest BCUT2D eigenvalue weighted by Gasteiger charge is -2.37. The minimum atomic E-state index is -3.73. The predicted octanol–water partition coefficient (Wildman–Crippen LogP) is 3.85. The third kappa shape index (κ3) is 3.93. The first-order valence-electron chi connectivity index (χ1n) is 9.81. The van der Waals surface area contributed by atoms with Gasteiger partial charge in [0.1, 0.15) is 0 Å². The van der Waals surface area contributed by atoms with Crippen LogP contribution in [0.5, 0.6) is 0 Å². The highest BCUT2D eigenvalue weighted by Gasteiger charge is 2.34. The van der Waals surface area contributed by atoms with Gasteiger partial charge >= 0.3 is 0 Å². The van der Waals surface area contributed by atoms with Crippen molar-refractivity contribution >= 4 is 27.3 Å². The minimum absolute atomic E-state index is 0.191. The van der Waals surface area contributed by atoms with Gasteiger partial charge in [-0.15, -0.1) is 11.3 Å². The fourth-order valence-electron chi connectivity index (χ4n) is 3.84. The maximum absolute atomic E-state index is 13.3. The van der Waals surface area contributed by atoms with E-state index in [9.17, 15) is 13.2 Å². The number of sulfonamides is 1. The molecule has 1 unspecified atom stereocenters. The van der Waals surface area contributed by atoms with Crippen LogP contribution in [0.2, 0.25) is 0 Å². The van der Waals surface area contributed by atoms with Crippen molar-refractivity contribution < 1.29 is 13.2 Å². The van der Waals surface area contributed by atoms with Gasteiger partial charge in [0.25, 0.3) is 0 Å². The number of carbonyl (C=O) groups excluding carboxylic acids is 1. The number of rotatable bonds is 5. The van der Waals surface area contributed by atoms with Gasteiger partial charge < -0.3 is 4.90 Å². The molecule has 5 nitrogen and oxygen atoms in total. The van der Waals surface area contributed by atoms with Crippen LogP contribution in [0.15, 0.2) is 70.9 Å². The summed E-state index contributed by atoms with van der Waals surface area (Å²) in [5.41, 5.74) is 3.15. The van der Waals surface area contributed by atoms with E-state index in [0.717, 1.165) is 27.4 Å². The molecule has 30 heavy (non-hydrogen) atoms. The normalized spacial score (nSPS) is 16.5. The van der Waals surface area contributed by atoms with E-state index in [0.29, 0.717) is 6.54 Å². The topological polar surface area (TPSA) is 57.7 Å². The van der Waals surface area contributed by atoms with Crippen molar-refractivity contribution in [1.82, 2.24) is 9.21 Å². The summed E-state index contributed by atoms with van der Waals surface area (Å²) in [6.07, 6.45) is 0.788. The average Bonchev–Trinajstić information content (AvgIpc) is 3.22. The third-order valence-electron chi connectivity index (χ3n) is 5.49. The number of fused-ring (bicyclic) bond motifs is 1. The van der Waals surface area contributed by atoms with Crippen molar-refractivity contribution in [3.8, 4) is 0 Å². The van der Waals surface area contributed by atoms with E-state index in [1.54, 1.807) is 35.6 Å². The van der Waals surface area contributed by atoms with E-state index >= 15 is 0 Å². The molecule has 0 N–H and O–H groups in total. The number of hydrogen-bond acceptors (Lipinski definition) is 4. The lowest BCUT2D eigenvalue weighted by molar-refractivity contribution is -0.133. The van der Waals surface area contributed by atoms with Gasteiger partial charge in [0.05, 0.1) is 17.5 Å². The van der Waals surface area contributed by atoms with E-state index in [4.69, 9.17) is 0 Å². The van der Waals surface area contributed by atoms with Crippen molar-refractivity contribution in [3.63, 3.8) is 0 Å². The number of nitrogens with zero attached hydrogens (tertiary/aromatic N) is 2. The van der Waals surface area contributed by atoms with Crippen LogP contribution >= 0.6 is 11.3 Å². The Hall–Kier alpha value is -2.48. The van der Waals surface area contributed by atoms with Gasteiger partial charge in [0, 0.05) is 18.5 Å². The second-order valence-corrected chi connectivity index (χ2v) is 10.6. The zero-order valence-corrected chi connectivity index (χ0v) is 18.6. The first-order chi connectivity index (χ1) is 14.4. The van der Waals surface area contributed by atoms with Crippen molar-refractivity contribution in [2.75, 3.05) is 20.1 Å². The molecule has 1 aromatic heterocycles. The summed E-state index contributed by atoms with van der Waals surface area (Å²) in [5, 5.41) is 2.06. The number of thiophene rings is 1. The highest BCUT2D eigenvalue weighted by molar-refractivity contribution is 7.89. The van der Waals surface area contributed by atoms with Crippen molar-refractivity contribution in [2.45, 2.75) is 24.3 Å². The molecule has 0 aliphatic carbocycles. The van der Waals surface area contributed by atoms with Crippen molar-refractivity contribution in [2.24, 2.45) is 0 Å². The van der Waals surface area contributed by atoms with Crippen LogP contribution in [0.3, 0.4) is 0 Å². The van der Waals surface area contributed by atoms with Crippen LogP contribution in [0.1, 0.15) is 27.6 Å². The van der Waals surface area contributed by atoms with E-state index in [2.05, 4.69) is 11.4 Å². The van der Waals surface area contributed by atoms with E-state index in [1.165, 1.54) is 11.9 Å². The molecule has 2 heterocycles. The third-order valence-corrected chi connectivity index (χ3v) is 8.30. The van der Waals surface area contributed by atoms with Gasteiger partial charge in [-0.3, -0.25) is 4.79 Å². The Morgan fingerprint density at radius 1 is 1.10 bits per heavy atom. The molecule has 2 aromatic carbocycles. The maximum atomic E-state index is 13.3. The monoisotopic (exact) mass is 440 g/mol. The molecular formula is C23H24N2O3S2. The zero-order valence-electron chi connectivity index (χ0n) is 17.0. The second kappa shape index (κ2) is 8.34. The first-order valence-corrected chi connectivity index (χ1v) is 12.1. The summed E-state index contributed by atoms with van der Waals surface area (Å²) in [6.45, 7) is 2.28. The zero-order chi connectivity index (χ0) is 21.3. The van der Waals surface area contributed by atoms with Crippen LogP contribution in [0, 0.1) is 6.92 Å². The van der Waals surface area contributed by atoms with E-state index < -0.39 is 10.0 Å². The molecular weight excluding hydrogens is 416 g/mol. The SMILES string of the molecule is Cc1ccc(S(=O)(=O)N(C)CC(=O)N2CCc3sccc3C2c2ccccc2)cc1. The summed E-state index contributed by atoms with van der Waals surface area (Å²) < 4.78 is 27.0. The molecule has 0 saturated heterocycles. The Morgan fingerprint density at radius 3 is 2.50 bits per heavy atom. The second-order valence-electron chi connectivity index (χ2n) is 7.52. The molecule has 4 rings (SSSR count). The molecule has 3 aromatic rings. The van der Waals surface area contributed by atoms with E-state index in [-0.39, 0.29) is 23.4 Å². The standard InChI is InChI=1S/C23H24N2O3S2/c1-17-8-10-19(11-9-17)30(27,28)24(2)16-22(26)25-14-12-21-20(13-15-29-21)23(25)18-6-4-3-5-7-18/h3-11,13,15,23H,12,14,16H2,1-2H3. The molecule has 0 bridgehead atoms. The average molecular weight is 441 g/mol. The smallest absolute Gasteiger partial charge is 0.243 e. The number of amides is 1. The van der Waals surface area contributed by atoms with Crippen LogP contribution in [-0.4, -0.2) is 43.7 Å². The number of carbonyl (C=O) groups is 1. The summed E-state index contributed by atoms with van der Waals surface area (Å²) in [6, 6.07) is 18.5. The Morgan fingerprint density at radius 2 is 1.80 bits per heavy atom. The van der Waals surface area contributed by atoms with Crippen LogP contribution < -0.4 is 0 Å². The van der Waals surface area contributed by atoms with Gasteiger partial charge in [0.15, 0.2) is 0 Å². The lowest BCUT2D eigenvalue weighted by atomic mass is 9.93. The molecule has 7 heteroatoms. The van der Waals surface area contributed by atoms with Crippen LogP contribution in [0.25, 0.3) is 0 Å². The number of benzene rings is 2. The molecule has 156 valence electrons. The number of aryl methyl sites for hydroxylation is 1. The minimum Gasteiger partial charge on any atom is -0.330 e. The summed E-state index contributed by atoms with van der Waals surface area (Å²) in [5.74, 6) is -0.195. The molecule has 1 aliphatic heterocycles. The van der Waals surface area contributed by atoms with Crippen molar-refractivity contribution in [3.05, 3.63) is 87.6 Å². The summed E-state index contributed by atoms with van der Waals surface area (Å²) in [4.78, 5) is 16.6. The van der Waals surface area contributed by atoms with Crippen LogP contribution in [0.4, 0.5) is 0 Å².